The van der Waals surface area contributed by atoms with Crippen LogP contribution in [0.15, 0.2) is 36.5 Å². The van der Waals surface area contributed by atoms with Crippen molar-refractivity contribution in [2.45, 2.75) is 39.4 Å². The van der Waals surface area contributed by atoms with Crippen LogP contribution in [0.3, 0.4) is 0 Å². The van der Waals surface area contributed by atoms with Crippen molar-refractivity contribution in [2.24, 2.45) is 0 Å². The monoisotopic (exact) mass is 210 g/mol. The molecule has 0 aromatic heterocycles. The number of hydrogen-bond acceptors (Lipinski definition) is 2. The van der Waals surface area contributed by atoms with Crippen LogP contribution in [0.1, 0.15) is 27.2 Å². The average Bonchev–Trinajstić information content (AvgIpc) is 3.06. The van der Waals surface area contributed by atoms with Gasteiger partial charge in [0.15, 0.2) is 0 Å². The van der Waals surface area contributed by atoms with Crippen LogP contribution in [0.2, 0.25) is 0 Å². The zero-order valence-electron chi connectivity index (χ0n) is 9.94. The molecule has 1 aliphatic heterocycles. The van der Waals surface area contributed by atoms with Crippen LogP contribution in [-0.2, 0) is 4.74 Å². The maximum absolute atomic E-state index is 9.71. The molecule has 0 amide bonds. The zero-order chi connectivity index (χ0) is 11.7. The van der Waals surface area contributed by atoms with E-state index in [0.717, 1.165) is 12.2 Å². The van der Waals surface area contributed by atoms with E-state index in [2.05, 4.69) is 6.58 Å². The molecule has 0 saturated carbocycles. The molecule has 2 unspecified atom stereocenters. The van der Waals surface area contributed by atoms with E-state index in [1.54, 1.807) is 6.08 Å². The lowest BCUT2D eigenvalue weighted by atomic mass is 10.0. The van der Waals surface area contributed by atoms with Crippen molar-refractivity contribution in [1.82, 2.24) is 0 Å². The highest BCUT2D eigenvalue weighted by Gasteiger charge is 2.26. The second-order valence-electron chi connectivity index (χ2n) is 3.09. The Hall–Kier alpha value is -0.860. The molecule has 2 atom stereocenters. The molecule has 1 fully saturated rings. The third-order valence-corrected chi connectivity index (χ3v) is 2.03. The summed E-state index contributed by atoms with van der Waals surface area (Å²) in [5, 5.41) is 9.71. The van der Waals surface area contributed by atoms with Gasteiger partial charge in [-0.2, -0.15) is 0 Å². The van der Waals surface area contributed by atoms with Crippen LogP contribution < -0.4 is 0 Å². The summed E-state index contributed by atoms with van der Waals surface area (Å²) in [6, 6.07) is 0. The fourth-order valence-corrected chi connectivity index (χ4v) is 1.17. The SMILES string of the molecule is C=C/C=C\C(=C/C)C(O)CC1CO1.CC. The summed E-state index contributed by atoms with van der Waals surface area (Å²) >= 11 is 0. The minimum absolute atomic E-state index is 0.266. The molecule has 0 aliphatic carbocycles. The summed E-state index contributed by atoms with van der Waals surface area (Å²) < 4.78 is 5.05. The molecule has 15 heavy (non-hydrogen) atoms. The number of allylic oxidation sites excluding steroid dienone is 3. The van der Waals surface area contributed by atoms with Crippen molar-refractivity contribution in [3.8, 4) is 0 Å². The number of aliphatic hydroxyl groups excluding tert-OH is 1. The summed E-state index contributed by atoms with van der Waals surface area (Å²) in [7, 11) is 0. The Morgan fingerprint density at radius 1 is 1.60 bits per heavy atom. The molecule has 86 valence electrons. The Balaban J connectivity index is 0.000000921. The topological polar surface area (TPSA) is 32.8 Å². The first-order chi connectivity index (χ1) is 7.27. The van der Waals surface area contributed by atoms with Crippen molar-refractivity contribution < 1.29 is 9.84 Å². The van der Waals surface area contributed by atoms with Crippen molar-refractivity contribution in [1.29, 1.82) is 0 Å². The standard InChI is InChI=1S/C11H16O2.C2H6/c1-3-5-6-9(4-2)11(12)7-10-8-13-10;1-2/h3-6,10-12H,1,7-8H2,2H3;1-2H3/b6-5-,9-4+;. The maximum atomic E-state index is 9.71. The lowest BCUT2D eigenvalue weighted by molar-refractivity contribution is 0.188. The van der Waals surface area contributed by atoms with Gasteiger partial charge in [0.05, 0.1) is 18.8 Å². The van der Waals surface area contributed by atoms with Crippen LogP contribution in [0, 0.1) is 0 Å². The largest absolute Gasteiger partial charge is 0.388 e. The first kappa shape index (κ1) is 14.1. The van der Waals surface area contributed by atoms with Crippen LogP contribution in [0.4, 0.5) is 0 Å². The number of rotatable bonds is 5. The highest BCUT2D eigenvalue weighted by atomic mass is 16.6. The second-order valence-corrected chi connectivity index (χ2v) is 3.09. The molecule has 0 aromatic carbocycles. The van der Waals surface area contributed by atoms with Gasteiger partial charge in [-0.05, 0) is 12.5 Å². The minimum Gasteiger partial charge on any atom is -0.388 e. The molecular weight excluding hydrogens is 188 g/mol. The molecular formula is C13H22O2. The van der Waals surface area contributed by atoms with Gasteiger partial charge in [0.2, 0.25) is 0 Å². The molecule has 0 bridgehead atoms. The maximum Gasteiger partial charge on any atom is 0.0837 e. The number of ether oxygens (including phenoxy) is 1. The van der Waals surface area contributed by atoms with Gasteiger partial charge in [-0.3, -0.25) is 0 Å². The third-order valence-electron chi connectivity index (χ3n) is 2.03. The normalized spacial score (nSPS) is 21.9. The lowest BCUT2D eigenvalue weighted by Gasteiger charge is -2.09. The van der Waals surface area contributed by atoms with Gasteiger partial charge in [-0.15, -0.1) is 0 Å². The van der Waals surface area contributed by atoms with Gasteiger partial charge in [-0.1, -0.05) is 44.7 Å². The first-order valence-electron chi connectivity index (χ1n) is 5.53. The third kappa shape index (κ3) is 6.26. The van der Waals surface area contributed by atoms with E-state index in [4.69, 9.17) is 4.74 Å². The Bertz CT molecular complexity index is 225. The van der Waals surface area contributed by atoms with Crippen LogP contribution in [0.5, 0.6) is 0 Å². The summed E-state index contributed by atoms with van der Waals surface area (Å²) in [6.07, 6.45) is 7.86. The van der Waals surface area contributed by atoms with E-state index in [1.807, 2.05) is 39.0 Å². The molecule has 1 aliphatic rings. The van der Waals surface area contributed by atoms with Crippen molar-refractivity contribution in [3.63, 3.8) is 0 Å². The summed E-state index contributed by atoms with van der Waals surface area (Å²) in [6.45, 7) is 10.3. The van der Waals surface area contributed by atoms with Gasteiger partial charge in [-0.25, -0.2) is 0 Å². The fourth-order valence-electron chi connectivity index (χ4n) is 1.17. The second kappa shape index (κ2) is 8.45. The van der Waals surface area contributed by atoms with Crippen LogP contribution in [-0.4, -0.2) is 23.9 Å². The van der Waals surface area contributed by atoms with Crippen LogP contribution >= 0.6 is 0 Å². The fraction of sp³-hybridized carbons (Fsp3) is 0.538. The van der Waals surface area contributed by atoms with E-state index in [1.165, 1.54) is 0 Å². The quantitative estimate of drug-likeness (QED) is 0.559. The van der Waals surface area contributed by atoms with Crippen molar-refractivity contribution in [2.75, 3.05) is 6.61 Å². The van der Waals surface area contributed by atoms with Gasteiger partial charge >= 0.3 is 0 Å². The first-order valence-corrected chi connectivity index (χ1v) is 5.53. The smallest absolute Gasteiger partial charge is 0.0837 e. The summed E-state index contributed by atoms with van der Waals surface area (Å²) in [4.78, 5) is 0. The molecule has 0 spiro atoms. The van der Waals surface area contributed by atoms with Crippen molar-refractivity contribution >= 4 is 0 Å². The highest BCUT2D eigenvalue weighted by molar-refractivity contribution is 5.24. The molecule has 1 saturated heterocycles. The Kier molecular flexibility index (Phi) is 7.96. The molecule has 1 heterocycles. The summed E-state index contributed by atoms with van der Waals surface area (Å²) in [5.74, 6) is 0. The summed E-state index contributed by atoms with van der Waals surface area (Å²) in [5.41, 5.74) is 0.926. The highest BCUT2D eigenvalue weighted by Crippen LogP contribution is 2.19. The molecule has 0 aromatic rings. The van der Waals surface area contributed by atoms with E-state index >= 15 is 0 Å². The molecule has 2 heteroatoms. The van der Waals surface area contributed by atoms with Gasteiger partial charge in [0, 0.05) is 6.42 Å². The Morgan fingerprint density at radius 2 is 2.20 bits per heavy atom. The van der Waals surface area contributed by atoms with E-state index in [9.17, 15) is 5.11 Å². The number of epoxide rings is 1. The number of aliphatic hydroxyl groups is 1. The zero-order valence-corrected chi connectivity index (χ0v) is 9.94. The van der Waals surface area contributed by atoms with E-state index in [0.29, 0.717) is 6.42 Å². The molecule has 1 rings (SSSR count). The van der Waals surface area contributed by atoms with E-state index in [-0.39, 0.29) is 6.10 Å². The van der Waals surface area contributed by atoms with E-state index < -0.39 is 6.10 Å². The predicted molar refractivity (Wildman–Crippen MR) is 64.8 cm³/mol. The minimum atomic E-state index is -0.409. The molecule has 2 nitrogen and oxygen atoms in total. The Labute approximate surface area is 93.0 Å². The average molecular weight is 210 g/mol. The van der Waals surface area contributed by atoms with Crippen LogP contribution in [0.25, 0.3) is 0 Å². The van der Waals surface area contributed by atoms with Gasteiger partial charge < -0.3 is 9.84 Å². The Morgan fingerprint density at radius 3 is 2.60 bits per heavy atom. The molecule has 1 N–H and O–H groups in total. The van der Waals surface area contributed by atoms with Gasteiger partial charge in [0.1, 0.15) is 0 Å². The van der Waals surface area contributed by atoms with Gasteiger partial charge in [0.25, 0.3) is 0 Å². The lowest BCUT2D eigenvalue weighted by Crippen LogP contribution is -2.11. The predicted octanol–water partition coefficient (Wildman–Crippen LogP) is 2.85. The number of hydrogen-bond donors (Lipinski definition) is 1. The van der Waals surface area contributed by atoms with Crippen molar-refractivity contribution in [3.05, 3.63) is 36.5 Å². The molecule has 0 radical (unpaired) electrons.